The number of carbonyl (C=O) groups is 2. The lowest BCUT2D eigenvalue weighted by molar-refractivity contribution is -0.137. The van der Waals surface area contributed by atoms with Crippen LogP contribution in [0.2, 0.25) is 0 Å². The van der Waals surface area contributed by atoms with Gasteiger partial charge in [0.15, 0.2) is 5.69 Å². The number of aromatic nitrogens is 2. The number of aromatic carboxylic acids is 1. The molecule has 7 nitrogen and oxygen atoms in total. The summed E-state index contributed by atoms with van der Waals surface area (Å²) in [6.07, 6.45) is 0.624. The lowest BCUT2D eigenvalue weighted by Crippen LogP contribution is -2.28. The van der Waals surface area contributed by atoms with Gasteiger partial charge in [-0.2, -0.15) is 5.10 Å². The maximum Gasteiger partial charge on any atom is 0.356 e. The van der Waals surface area contributed by atoms with Crippen LogP contribution < -0.4 is 0 Å². The molecule has 0 radical (unpaired) electrons. The molecule has 0 unspecified atom stereocenters. The van der Waals surface area contributed by atoms with Gasteiger partial charge in [-0.1, -0.05) is 0 Å². The maximum absolute atomic E-state index is 11.0. The first-order chi connectivity index (χ1) is 7.99. The quantitative estimate of drug-likeness (QED) is 0.748. The first-order valence-electron chi connectivity index (χ1n) is 5.21. The first-order valence-corrected chi connectivity index (χ1v) is 5.21. The molecule has 1 aliphatic rings. The van der Waals surface area contributed by atoms with Crippen molar-refractivity contribution in [1.82, 2.24) is 14.7 Å². The summed E-state index contributed by atoms with van der Waals surface area (Å²) in [5, 5.41) is 21.7. The van der Waals surface area contributed by atoms with Crippen molar-refractivity contribution in [2.24, 2.45) is 0 Å². The zero-order valence-electron chi connectivity index (χ0n) is 9.38. The number of aliphatic carboxylic acids is 1. The molecule has 0 saturated carbocycles. The van der Waals surface area contributed by atoms with Crippen molar-refractivity contribution < 1.29 is 19.8 Å². The Kier molecular flexibility index (Phi) is 2.84. The van der Waals surface area contributed by atoms with Gasteiger partial charge in [0, 0.05) is 30.8 Å². The molecule has 2 rings (SSSR count). The van der Waals surface area contributed by atoms with E-state index in [4.69, 9.17) is 10.2 Å². The minimum atomic E-state index is -1.11. The Hall–Kier alpha value is -1.89. The van der Waals surface area contributed by atoms with Gasteiger partial charge in [-0.3, -0.25) is 9.48 Å². The molecule has 7 heteroatoms. The van der Waals surface area contributed by atoms with Crippen LogP contribution in [0.3, 0.4) is 0 Å². The van der Waals surface area contributed by atoms with Gasteiger partial charge in [-0.05, 0) is 7.05 Å². The zero-order valence-corrected chi connectivity index (χ0v) is 9.38. The van der Waals surface area contributed by atoms with Crippen LogP contribution in [-0.4, -0.2) is 50.4 Å². The minimum Gasteiger partial charge on any atom is -0.480 e. The molecule has 1 aliphatic heterocycles. The molecule has 17 heavy (non-hydrogen) atoms. The molecule has 1 aromatic heterocycles. The largest absolute Gasteiger partial charge is 0.480 e. The molecule has 0 amide bonds. The number of carboxylic acids is 2. The summed E-state index contributed by atoms with van der Waals surface area (Å²) >= 11 is 0. The standard InChI is InChI=1S/C10H13N3O4/c1-12-3-2-7-6(4-12)9(10(16)17)11-13(7)5-8(14)15/h2-5H2,1H3,(H,14,15)(H,16,17). The number of nitrogens with zero attached hydrogens (tertiary/aromatic N) is 3. The Morgan fingerprint density at radius 2 is 2.12 bits per heavy atom. The van der Waals surface area contributed by atoms with Crippen LogP contribution in [0.5, 0.6) is 0 Å². The number of fused-ring (bicyclic) bond motifs is 1. The average Bonchev–Trinajstić information content (AvgIpc) is 2.55. The van der Waals surface area contributed by atoms with Gasteiger partial charge in [0.05, 0.1) is 0 Å². The summed E-state index contributed by atoms with van der Waals surface area (Å²) in [7, 11) is 1.89. The normalized spacial score (nSPS) is 15.6. The maximum atomic E-state index is 11.0. The van der Waals surface area contributed by atoms with E-state index in [2.05, 4.69) is 5.10 Å². The van der Waals surface area contributed by atoms with Crippen molar-refractivity contribution >= 4 is 11.9 Å². The molecule has 92 valence electrons. The van der Waals surface area contributed by atoms with E-state index in [1.807, 2.05) is 11.9 Å². The fraction of sp³-hybridized carbons (Fsp3) is 0.500. The Labute approximate surface area is 97.3 Å². The average molecular weight is 239 g/mol. The van der Waals surface area contributed by atoms with Crippen molar-refractivity contribution in [3.05, 3.63) is 17.0 Å². The first kappa shape index (κ1) is 11.6. The summed E-state index contributed by atoms with van der Waals surface area (Å²) in [6.45, 7) is 0.979. The topological polar surface area (TPSA) is 95.7 Å². The van der Waals surface area contributed by atoms with E-state index in [1.54, 1.807) is 0 Å². The second-order valence-corrected chi connectivity index (χ2v) is 4.12. The summed E-state index contributed by atoms with van der Waals surface area (Å²) < 4.78 is 1.29. The number of hydrogen-bond acceptors (Lipinski definition) is 4. The highest BCUT2D eigenvalue weighted by Crippen LogP contribution is 2.21. The monoisotopic (exact) mass is 239 g/mol. The molecule has 0 fully saturated rings. The Morgan fingerprint density at radius 3 is 2.71 bits per heavy atom. The molecule has 1 aromatic rings. The molecule has 0 aliphatic carbocycles. The van der Waals surface area contributed by atoms with Crippen LogP contribution in [0.15, 0.2) is 0 Å². The predicted octanol–water partition coefficient (Wildman–Crippen LogP) is -0.346. The number of rotatable bonds is 3. The van der Waals surface area contributed by atoms with E-state index < -0.39 is 11.9 Å². The molecule has 0 spiro atoms. The highest BCUT2D eigenvalue weighted by molar-refractivity contribution is 5.87. The second kappa shape index (κ2) is 4.17. The summed E-state index contributed by atoms with van der Waals surface area (Å²) in [6, 6.07) is 0. The molecule has 2 N–H and O–H groups in total. The van der Waals surface area contributed by atoms with Crippen LogP contribution in [0.4, 0.5) is 0 Å². The third-order valence-corrected chi connectivity index (χ3v) is 2.81. The van der Waals surface area contributed by atoms with Crippen LogP contribution in [0, 0.1) is 0 Å². The van der Waals surface area contributed by atoms with Gasteiger partial charge < -0.3 is 15.1 Å². The Morgan fingerprint density at radius 1 is 1.41 bits per heavy atom. The van der Waals surface area contributed by atoms with Crippen molar-refractivity contribution in [2.75, 3.05) is 13.6 Å². The van der Waals surface area contributed by atoms with Gasteiger partial charge >= 0.3 is 11.9 Å². The molecule has 2 heterocycles. The summed E-state index contributed by atoms with van der Waals surface area (Å²) in [4.78, 5) is 23.7. The van der Waals surface area contributed by atoms with Crippen molar-refractivity contribution in [1.29, 1.82) is 0 Å². The van der Waals surface area contributed by atoms with Crippen molar-refractivity contribution in [3.8, 4) is 0 Å². The number of hydrogen-bond donors (Lipinski definition) is 2. The number of likely N-dealkylation sites (N-methyl/N-ethyl adjacent to an activating group) is 1. The van der Waals surface area contributed by atoms with Gasteiger partial charge in [0.25, 0.3) is 0 Å². The van der Waals surface area contributed by atoms with Gasteiger partial charge in [0.1, 0.15) is 6.54 Å². The lowest BCUT2D eigenvalue weighted by atomic mass is 10.1. The Bertz CT molecular complexity index is 480. The summed E-state index contributed by atoms with van der Waals surface area (Å²) in [5.74, 6) is -2.13. The molecule has 0 aromatic carbocycles. The lowest BCUT2D eigenvalue weighted by Gasteiger charge is -2.22. The van der Waals surface area contributed by atoms with Gasteiger partial charge in [0.2, 0.25) is 0 Å². The van der Waals surface area contributed by atoms with E-state index in [0.29, 0.717) is 18.5 Å². The van der Waals surface area contributed by atoms with E-state index >= 15 is 0 Å². The van der Waals surface area contributed by atoms with Gasteiger partial charge in [-0.15, -0.1) is 0 Å². The van der Waals surface area contributed by atoms with E-state index in [0.717, 1.165) is 12.2 Å². The smallest absolute Gasteiger partial charge is 0.356 e. The minimum absolute atomic E-state index is 0.0344. The van der Waals surface area contributed by atoms with E-state index in [-0.39, 0.29) is 12.2 Å². The van der Waals surface area contributed by atoms with Crippen molar-refractivity contribution in [3.63, 3.8) is 0 Å². The third-order valence-electron chi connectivity index (χ3n) is 2.81. The fourth-order valence-electron chi connectivity index (χ4n) is 2.06. The van der Waals surface area contributed by atoms with E-state index in [9.17, 15) is 9.59 Å². The molecule has 0 saturated heterocycles. The van der Waals surface area contributed by atoms with Crippen LogP contribution in [0.1, 0.15) is 21.7 Å². The summed E-state index contributed by atoms with van der Waals surface area (Å²) in [5.41, 5.74) is 1.32. The second-order valence-electron chi connectivity index (χ2n) is 4.12. The Balaban J connectivity index is 2.45. The van der Waals surface area contributed by atoms with E-state index in [1.165, 1.54) is 4.68 Å². The molecular weight excluding hydrogens is 226 g/mol. The van der Waals surface area contributed by atoms with Crippen LogP contribution in [0.25, 0.3) is 0 Å². The van der Waals surface area contributed by atoms with Crippen molar-refractivity contribution in [2.45, 2.75) is 19.5 Å². The molecular formula is C10H13N3O4. The highest BCUT2D eigenvalue weighted by atomic mass is 16.4. The molecule has 0 bridgehead atoms. The zero-order chi connectivity index (χ0) is 12.6. The SMILES string of the molecule is CN1CCc2c(c(C(=O)O)nn2CC(=O)O)C1. The third kappa shape index (κ3) is 2.14. The predicted molar refractivity (Wildman–Crippen MR) is 56.9 cm³/mol. The fourth-order valence-corrected chi connectivity index (χ4v) is 2.06. The number of carboxylic acid groups (broad SMARTS) is 2. The van der Waals surface area contributed by atoms with Gasteiger partial charge in [-0.25, -0.2) is 4.79 Å². The van der Waals surface area contributed by atoms with Crippen LogP contribution >= 0.6 is 0 Å². The molecule has 0 atom stereocenters. The highest BCUT2D eigenvalue weighted by Gasteiger charge is 2.27. The van der Waals surface area contributed by atoms with Crippen LogP contribution in [-0.2, 0) is 24.3 Å².